The van der Waals surface area contributed by atoms with Gasteiger partial charge in [-0.05, 0) is 55.2 Å². The van der Waals surface area contributed by atoms with Crippen molar-refractivity contribution in [2.45, 2.75) is 25.3 Å². The third-order valence-electron chi connectivity index (χ3n) is 6.02. The molecular weight excluding hydrogens is 323 g/mol. The fourth-order valence-electron chi connectivity index (χ4n) is 4.62. The molecule has 1 heterocycles. The van der Waals surface area contributed by atoms with Crippen LogP contribution in [0, 0.1) is 23.6 Å². The minimum atomic E-state index is -0.387. The second-order valence-corrected chi connectivity index (χ2v) is 7.56. The number of carbonyl (C=O) groups excluding carboxylic acids is 1. The standard InChI is InChI=1S/C19H25FN2O3/c20-15-7-14(8-16(10-15)22-1-3-25-4-2-22)19(24)21-18-9-13-5-12(11-23)6-17(13)18/h7-8,10,12-13,17-18,23H,1-6,9,11H2,(H,21,24)/t12?,13-,17-,18?/m1/s1. The van der Waals surface area contributed by atoms with Gasteiger partial charge in [0.25, 0.3) is 5.91 Å². The van der Waals surface area contributed by atoms with Gasteiger partial charge in [-0.2, -0.15) is 0 Å². The Bertz CT molecular complexity index is 648. The Labute approximate surface area is 147 Å². The van der Waals surface area contributed by atoms with E-state index in [1.165, 1.54) is 12.1 Å². The normalized spacial score (nSPS) is 31.4. The number of morpholine rings is 1. The molecule has 1 aliphatic heterocycles. The third kappa shape index (κ3) is 3.37. The van der Waals surface area contributed by atoms with Crippen molar-refractivity contribution in [3.8, 4) is 0 Å². The maximum absolute atomic E-state index is 14.0. The quantitative estimate of drug-likeness (QED) is 0.871. The molecule has 4 rings (SSSR count). The van der Waals surface area contributed by atoms with Crippen molar-refractivity contribution >= 4 is 11.6 Å². The summed E-state index contributed by atoms with van der Waals surface area (Å²) in [6, 6.07) is 4.71. The van der Waals surface area contributed by atoms with Crippen LogP contribution in [-0.4, -0.2) is 50.0 Å². The first kappa shape index (κ1) is 16.8. The van der Waals surface area contributed by atoms with Crippen molar-refractivity contribution in [1.29, 1.82) is 0 Å². The fraction of sp³-hybridized carbons (Fsp3) is 0.632. The molecule has 0 spiro atoms. The lowest BCUT2D eigenvalue weighted by molar-refractivity contribution is 0.0806. The molecule has 0 aromatic heterocycles. The van der Waals surface area contributed by atoms with Gasteiger partial charge in [-0.15, -0.1) is 0 Å². The monoisotopic (exact) mass is 348 g/mol. The van der Waals surface area contributed by atoms with E-state index in [2.05, 4.69) is 5.32 Å². The van der Waals surface area contributed by atoms with Crippen molar-refractivity contribution in [1.82, 2.24) is 5.32 Å². The SMILES string of the molecule is O=C(NC1C[C@H]2CC(CO)C[C@@H]12)c1cc(F)cc(N2CCOCC2)c1. The van der Waals surface area contributed by atoms with E-state index < -0.39 is 0 Å². The molecule has 2 aliphatic carbocycles. The zero-order valence-corrected chi connectivity index (χ0v) is 14.3. The highest BCUT2D eigenvalue weighted by molar-refractivity contribution is 5.95. The number of benzene rings is 1. The number of aliphatic hydroxyl groups excluding tert-OH is 1. The van der Waals surface area contributed by atoms with Crippen molar-refractivity contribution in [3.63, 3.8) is 0 Å². The average molecular weight is 348 g/mol. The van der Waals surface area contributed by atoms with E-state index in [9.17, 15) is 14.3 Å². The molecule has 1 amide bonds. The van der Waals surface area contributed by atoms with Crippen LogP contribution in [0.1, 0.15) is 29.6 Å². The van der Waals surface area contributed by atoms with Crippen molar-refractivity contribution in [3.05, 3.63) is 29.6 Å². The molecule has 1 saturated heterocycles. The summed E-state index contributed by atoms with van der Waals surface area (Å²) in [5, 5.41) is 12.4. The third-order valence-corrected chi connectivity index (χ3v) is 6.02. The van der Waals surface area contributed by atoms with Gasteiger partial charge in [-0.25, -0.2) is 4.39 Å². The summed E-state index contributed by atoms with van der Waals surface area (Å²) in [7, 11) is 0. The summed E-state index contributed by atoms with van der Waals surface area (Å²) >= 11 is 0. The van der Waals surface area contributed by atoms with Gasteiger partial charge >= 0.3 is 0 Å². The van der Waals surface area contributed by atoms with E-state index in [1.54, 1.807) is 6.07 Å². The molecule has 0 bridgehead atoms. The molecule has 2 saturated carbocycles. The lowest BCUT2D eigenvalue weighted by Crippen LogP contribution is -2.50. The molecule has 25 heavy (non-hydrogen) atoms. The molecule has 3 aliphatic rings. The number of hydrogen-bond acceptors (Lipinski definition) is 4. The molecule has 3 fully saturated rings. The number of anilines is 1. The maximum atomic E-state index is 14.0. The zero-order valence-electron chi connectivity index (χ0n) is 14.3. The number of rotatable bonds is 4. The smallest absolute Gasteiger partial charge is 0.251 e. The number of nitrogens with zero attached hydrogens (tertiary/aromatic N) is 1. The summed E-state index contributed by atoms with van der Waals surface area (Å²) in [4.78, 5) is 14.7. The van der Waals surface area contributed by atoms with Gasteiger partial charge in [-0.1, -0.05) is 0 Å². The highest BCUT2D eigenvalue weighted by Crippen LogP contribution is 2.49. The number of nitrogens with one attached hydrogen (secondary N) is 1. The lowest BCUT2D eigenvalue weighted by Gasteiger charge is -2.41. The van der Waals surface area contributed by atoms with Crippen LogP contribution >= 0.6 is 0 Å². The number of carbonyl (C=O) groups is 1. The van der Waals surface area contributed by atoms with Gasteiger partial charge in [-0.3, -0.25) is 4.79 Å². The molecule has 1 aromatic carbocycles. The van der Waals surface area contributed by atoms with Crippen molar-refractivity contribution < 1.29 is 19.0 Å². The summed E-state index contributed by atoms with van der Waals surface area (Å²) in [5.41, 5.74) is 1.11. The van der Waals surface area contributed by atoms with E-state index in [0.717, 1.165) is 24.9 Å². The topological polar surface area (TPSA) is 61.8 Å². The maximum Gasteiger partial charge on any atom is 0.251 e. The van der Waals surface area contributed by atoms with Crippen LogP contribution < -0.4 is 10.2 Å². The first-order chi connectivity index (χ1) is 12.1. The molecule has 4 atom stereocenters. The Hall–Kier alpha value is -1.66. The van der Waals surface area contributed by atoms with Crippen LogP contribution in [-0.2, 0) is 4.74 Å². The summed E-state index contributed by atoms with van der Waals surface area (Å²) in [6.07, 6.45) is 3.02. The molecule has 2 unspecified atom stereocenters. The Morgan fingerprint density at radius 2 is 2.04 bits per heavy atom. The summed E-state index contributed by atoms with van der Waals surface area (Å²) in [5.74, 6) is 0.873. The number of hydrogen-bond donors (Lipinski definition) is 2. The second-order valence-electron chi connectivity index (χ2n) is 7.56. The lowest BCUT2D eigenvalue weighted by atomic mass is 9.71. The van der Waals surface area contributed by atoms with Crippen LogP contribution in [0.5, 0.6) is 0 Å². The number of halogens is 1. The van der Waals surface area contributed by atoms with E-state index in [4.69, 9.17) is 4.74 Å². The average Bonchev–Trinajstić information content (AvgIpc) is 2.96. The van der Waals surface area contributed by atoms with Crippen LogP contribution in [0.3, 0.4) is 0 Å². The predicted octanol–water partition coefficient (Wildman–Crippen LogP) is 1.80. The first-order valence-electron chi connectivity index (χ1n) is 9.19. The van der Waals surface area contributed by atoms with Crippen LogP contribution in [0.4, 0.5) is 10.1 Å². The highest BCUT2D eigenvalue weighted by atomic mass is 19.1. The second kappa shape index (κ2) is 6.92. The van der Waals surface area contributed by atoms with Gasteiger partial charge < -0.3 is 20.1 Å². The Morgan fingerprint density at radius 3 is 2.80 bits per heavy atom. The van der Waals surface area contributed by atoms with E-state index in [0.29, 0.717) is 49.6 Å². The highest BCUT2D eigenvalue weighted by Gasteiger charge is 2.47. The molecule has 1 aromatic rings. The predicted molar refractivity (Wildman–Crippen MR) is 92.1 cm³/mol. The van der Waals surface area contributed by atoms with Crippen LogP contribution in [0.25, 0.3) is 0 Å². The zero-order chi connectivity index (χ0) is 17.4. The van der Waals surface area contributed by atoms with Gasteiger partial charge in [0.05, 0.1) is 13.2 Å². The van der Waals surface area contributed by atoms with Crippen LogP contribution in [0.2, 0.25) is 0 Å². The number of amides is 1. The largest absolute Gasteiger partial charge is 0.396 e. The first-order valence-corrected chi connectivity index (χ1v) is 9.19. The van der Waals surface area contributed by atoms with E-state index in [1.807, 2.05) is 4.90 Å². The molecular formula is C19H25FN2O3. The Balaban J connectivity index is 1.43. The number of aliphatic hydroxyl groups is 1. The Morgan fingerprint density at radius 1 is 1.24 bits per heavy atom. The van der Waals surface area contributed by atoms with Gasteiger partial charge in [0.1, 0.15) is 5.82 Å². The number of fused-ring (bicyclic) bond motifs is 1. The summed E-state index contributed by atoms with van der Waals surface area (Å²) in [6.45, 7) is 2.89. The summed E-state index contributed by atoms with van der Waals surface area (Å²) < 4.78 is 19.4. The molecule has 136 valence electrons. The van der Waals surface area contributed by atoms with E-state index >= 15 is 0 Å². The van der Waals surface area contributed by atoms with E-state index in [-0.39, 0.29) is 24.4 Å². The number of ether oxygens (including phenoxy) is 1. The van der Waals surface area contributed by atoms with Gasteiger partial charge in [0.2, 0.25) is 0 Å². The minimum absolute atomic E-state index is 0.157. The molecule has 2 N–H and O–H groups in total. The van der Waals surface area contributed by atoms with Gasteiger partial charge in [0.15, 0.2) is 0 Å². The van der Waals surface area contributed by atoms with Gasteiger partial charge in [0, 0.05) is 37.0 Å². The van der Waals surface area contributed by atoms with Crippen molar-refractivity contribution in [2.24, 2.45) is 17.8 Å². The van der Waals surface area contributed by atoms with Crippen molar-refractivity contribution in [2.75, 3.05) is 37.8 Å². The molecule has 6 heteroatoms. The minimum Gasteiger partial charge on any atom is -0.396 e. The Kier molecular flexibility index (Phi) is 4.65. The van der Waals surface area contributed by atoms with Crippen LogP contribution in [0.15, 0.2) is 18.2 Å². The molecule has 5 nitrogen and oxygen atoms in total. The molecule has 0 radical (unpaired) electrons. The fourth-order valence-corrected chi connectivity index (χ4v) is 4.62.